The molecule has 3 nitrogen and oxygen atoms in total. The number of amides is 1. The molecule has 1 amide bonds. The van der Waals surface area contributed by atoms with E-state index in [0.717, 1.165) is 36.3 Å². The maximum absolute atomic E-state index is 11.7. The van der Waals surface area contributed by atoms with Gasteiger partial charge in [-0.3, -0.25) is 4.79 Å². The van der Waals surface area contributed by atoms with Crippen LogP contribution in [0.1, 0.15) is 24.8 Å². The molecule has 4 heteroatoms. The molecular formula is C13H17ClN2O. The van der Waals surface area contributed by atoms with Crippen LogP contribution in [0.2, 0.25) is 5.02 Å². The Bertz CT molecular complexity index is 398. The first-order valence-corrected chi connectivity index (χ1v) is 6.30. The van der Waals surface area contributed by atoms with Gasteiger partial charge in [0.15, 0.2) is 0 Å². The lowest BCUT2D eigenvalue weighted by Crippen LogP contribution is -2.58. The van der Waals surface area contributed by atoms with E-state index >= 15 is 0 Å². The second-order valence-electron chi connectivity index (χ2n) is 4.64. The molecule has 0 radical (unpaired) electrons. The predicted octanol–water partition coefficient (Wildman–Crippen LogP) is 1.88. The van der Waals surface area contributed by atoms with Crippen molar-refractivity contribution in [3.8, 4) is 0 Å². The molecule has 17 heavy (non-hydrogen) atoms. The number of benzene rings is 1. The minimum absolute atomic E-state index is 0.0160. The monoisotopic (exact) mass is 252 g/mol. The summed E-state index contributed by atoms with van der Waals surface area (Å²) in [6, 6.07) is 7.65. The molecule has 2 rings (SSSR count). The van der Waals surface area contributed by atoms with Crippen molar-refractivity contribution < 1.29 is 4.79 Å². The third kappa shape index (κ3) is 2.99. The highest BCUT2D eigenvalue weighted by Crippen LogP contribution is 2.28. The van der Waals surface area contributed by atoms with Crippen LogP contribution in [0.15, 0.2) is 24.3 Å². The Morgan fingerprint density at radius 3 is 2.53 bits per heavy atom. The van der Waals surface area contributed by atoms with Crippen molar-refractivity contribution in [2.75, 3.05) is 6.54 Å². The third-order valence-electron chi connectivity index (χ3n) is 3.31. The maximum Gasteiger partial charge on any atom is 0.240 e. The Balaban J connectivity index is 1.76. The molecule has 0 aromatic heterocycles. The van der Waals surface area contributed by atoms with Crippen molar-refractivity contribution in [3.63, 3.8) is 0 Å². The molecule has 0 bridgehead atoms. The molecule has 0 unspecified atom stereocenters. The van der Waals surface area contributed by atoms with E-state index in [1.165, 1.54) is 0 Å². The number of hydrogen-bond donors (Lipinski definition) is 2. The fraction of sp³-hybridized carbons (Fsp3) is 0.462. The number of hydrogen-bond acceptors (Lipinski definition) is 2. The molecule has 1 aromatic rings. The van der Waals surface area contributed by atoms with E-state index in [4.69, 9.17) is 17.3 Å². The van der Waals surface area contributed by atoms with Crippen molar-refractivity contribution in [2.45, 2.75) is 31.2 Å². The van der Waals surface area contributed by atoms with E-state index in [9.17, 15) is 4.79 Å². The van der Waals surface area contributed by atoms with Crippen LogP contribution in [-0.4, -0.2) is 18.0 Å². The first kappa shape index (κ1) is 12.4. The van der Waals surface area contributed by atoms with E-state index in [0.29, 0.717) is 6.54 Å². The molecule has 0 spiro atoms. The van der Waals surface area contributed by atoms with Gasteiger partial charge in [-0.1, -0.05) is 23.7 Å². The summed E-state index contributed by atoms with van der Waals surface area (Å²) in [5.74, 6) is -0.0160. The third-order valence-corrected chi connectivity index (χ3v) is 3.56. The van der Waals surface area contributed by atoms with Gasteiger partial charge in [0.2, 0.25) is 5.91 Å². The second-order valence-corrected chi connectivity index (χ2v) is 5.08. The van der Waals surface area contributed by atoms with Gasteiger partial charge in [0.25, 0.3) is 0 Å². The highest BCUT2D eigenvalue weighted by Gasteiger charge is 2.39. The van der Waals surface area contributed by atoms with Crippen LogP contribution in [0, 0.1) is 0 Å². The molecule has 0 heterocycles. The molecule has 1 saturated carbocycles. The van der Waals surface area contributed by atoms with Gasteiger partial charge < -0.3 is 11.1 Å². The molecule has 3 N–H and O–H groups in total. The number of rotatable bonds is 4. The highest BCUT2D eigenvalue weighted by molar-refractivity contribution is 6.30. The summed E-state index contributed by atoms with van der Waals surface area (Å²) < 4.78 is 0. The molecule has 0 aliphatic heterocycles. The van der Waals surface area contributed by atoms with Crippen LogP contribution < -0.4 is 11.1 Å². The lowest BCUT2D eigenvalue weighted by atomic mass is 9.77. The van der Waals surface area contributed by atoms with E-state index in [2.05, 4.69) is 5.32 Å². The van der Waals surface area contributed by atoms with E-state index in [1.807, 2.05) is 24.3 Å². The average molecular weight is 253 g/mol. The molecule has 0 atom stereocenters. The van der Waals surface area contributed by atoms with Gasteiger partial charge in [0, 0.05) is 11.6 Å². The summed E-state index contributed by atoms with van der Waals surface area (Å²) >= 11 is 5.80. The number of carbonyl (C=O) groups is 1. The quantitative estimate of drug-likeness (QED) is 0.860. The van der Waals surface area contributed by atoms with Crippen LogP contribution >= 0.6 is 11.6 Å². The minimum atomic E-state index is -0.597. The first-order chi connectivity index (χ1) is 8.10. The summed E-state index contributed by atoms with van der Waals surface area (Å²) in [5.41, 5.74) is 6.48. The SMILES string of the molecule is NC1(C(=O)NCCc2ccc(Cl)cc2)CCC1. The van der Waals surface area contributed by atoms with Gasteiger partial charge in [0.1, 0.15) is 0 Å². The Morgan fingerprint density at radius 2 is 2.00 bits per heavy atom. The topological polar surface area (TPSA) is 55.1 Å². The predicted molar refractivity (Wildman–Crippen MR) is 68.9 cm³/mol. The summed E-state index contributed by atoms with van der Waals surface area (Å²) in [7, 11) is 0. The normalized spacial score (nSPS) is 17.3. The van der Waals surface area contributed by atoms with Crippen LogP contribution in [0.3, 0.4) is 0 Å². The van der Waals surface area contributed by atoms with Crippen molar-refractivity contribution in [2.24, 2.45) is 5.73 Å². The second kappa shape index (κ2) is 5.07. The summed E-state index contributed by atoms with van der Waals surface area (Å²) in [5, 5.41) is 3.62. The largest absolute Gasteiger partial charge is 0.354 e. The van der Waals surface area contributed by atoms with Crippen LogP contribution in [0.25, 0.3) is 0 Å². The van der Waals surface area contributed by atoms with Crippen LogP contribution in [-0.2, 0) is 11.2 Å². The van der Waals surface area contributed by atoms with Gasteiger partial charge in [-0.2, -0.15) is 0 Å². The molecule has 0 saturated heterocycles. The Labute approximate surface area is 106 Å². The van der Waals surface area contributed by atoms with Crippen molar-refractivity contribution >= 4 is 17.5 Å². The number of nitrogens with one attached hydrogen (secondary N) is 1. The summed E-state index contributed by atoms with van der Waals surface area (Å²) in [4.78, 5) is 11.7. The Morgan fingerprint density at radius 1 is 1.35 bits per heavy atom. The highest BCUT2D eigenvalue weighted by atomic mass is 35.5. The number of nitrogens with two attached hydrogens (primary N) is 1. The maximum atomic E-state index is 11.7. The van der Waals surface area contributed by atoms with E-state index < -0.39 is 5.54 Å². The van der Waals surface area contributed by atoms with E-state index in [1.54, 1.807) is 0 Å². The molecule has 1 aliphatic carbocycles. The van der Waals surface area contributed by atoms with Crippen LogP contribution in [0.4, 0.5) is 0 Å². The zero-order valence-electron chi connectivity index (χ0n) is 9.71. The van der Waals surface area contributed by atoms with Crippen LogP contribution in [0.5, 0.6) is 0 Å². The van der Waals surface area contributed by atoms with Gasteiger partial charge in [-0.25, -0.2) is 0 Å². The minimum Gasteiger partial charge on any atom is -0.354 e. The smallest absolute Gasteiger partial charge is 0.240 e. The van der Waals surface area contributed by atoms with Crippen molar-refractivity contribution in [3.05, 3.63) is 34.9 Å². The van der Waals surface area contributed by atoms with Gasteiger partial charge >= 0.3 is 0 Å². The molecule has 1 aliphatic rings. The number of halogens is 1. The molecular weight excluding hydrogens is 236 g/mol. The summed E-state index contributed by atoms with van der Waals surface area (Å²) in [6.07, 6.45) is 3.47. The van der Waals surface area contributed by atoms with Gasteiger partial charge in [-0.05, 0) is 43.4 Å². The van der Waals surface area contributed by atoms with E-state index in [-0.39, 0.29) is 5.91 Å². The lowest BCUT2D eigenvalue weighted by molar-refractivity contribution is -0.129. The van der Waals surface area contributed by atoms with Gasteiger partial charge in [0.05, 0.1) is 5.54 Å². The standard InChI is InChI=1S/C13H17ClN2O/c14-11-4-2-10(3-5-11)6-9-16-12(17)13(15)7-1-8-13/h2-5H,1,6-9,15H2,(H,16,17). The van der Waals surface area contributed by atoms with Crippen molar-refractivity contribution in [1.29, 1.82) is 0 Å². The Hall–Kier alpha value is -1.06. The lowest BCUT2D eigenvalue weighted by Gasteiger charge is -2.36. The Kier molecular flexibility index (Phi) is 3.69. The van der Waals surface area contributed by atoms with Gasteiger partial charge in [-0.15, -0.1) is 0 Å². The molecule has 92 valence electrons. The fourth-order valence-corrected chi connectivity index (χ4v) is 2.06. The zero-order chi connectivity index (χ0) is 12.3. The number of carbonyl (C=O) groups excluding carboxylic acids is 1. The van der Waals surface area contributed by atoms with Crippen molar-refractivity contribution in [1.82, 2.24) is 5.32 Å². The molecule has 1 aromatic carbocycles. The summed E-state index contributed by atoms with van der Waals surface area (Å²) in [6.45, 7) is 0.624. The first-order valence-electron chi connectivity index (χ1n) is 5.92. The molecule has 1 fully saturated rings. The zero-order valence-corrected chi connectivity index (χ0v) is 10.5. The average Bonchev–Trinajstić information content (AvgIpc) is 2.28. The fourth-order valence-electron chi connectivity index (χ4n) is 1.93.